The highest BCUT2D eigenvalue weighted by atomic mass is 32.1. The monoisotopic (exact) mass is 411 g/mol. The number of nitrogens with zero attached hydrogens (tertiary/aromatic N) is 2. The summed E-state index contributed by atoms with van der Waals surface area (Å²) in [5, 5.41) is 8.28. The molecule has 2 aromatic carbocycles. The number of fused-ring (bicyclic) bond motifs is 1. The summed E-state index contributed by atoms with van der Waals surface area (Å²) in [5.74, 6) is -0.986. The van der Waals surface area contributed by atoms with Crippen LogP contribution < -0.4 is 5.32 Å². The molecule has 0 bridgehead atoms. The van der Waals surface area contributed by atoms with E-state index in [0.717, 1.165) is 21.5 Å². The zero-order valence-electron chi connectivity index (χ0n) is 15.9. The fourth-order valence-corrected chi connectivity index (χ4v) is 4.45. The summed E-state index contributed by atoms with van der Waals surface area (Å²) in [7, 11) is 1.84. The lowest BCUT2D eigenvalue weighted by atomic mass is 9.98. The molecule has 1 amide bonds. The van der Waals surface area contributed by atoms with Crippen molar-refractivity contribution in [3.8, 4) is 0 Å². The maximum atomic E-state index is 13.8. The SMILES string of the molecule is Cc1nn(C)c2sc(C(=O)NC(Cc3cccc(F)c3)c3cccc(F)c3)cc12. The van der Waals surface area contributed by atoms with E-state index in [4.69, 9.17) is 0 Å². The van der Waals surface area contributed by atoms with Gasteiger partial charge in [0.2, 0.25) is 0 Å². The van der Waals surface area contributed by atoms with Crippen LogP contribution in [0.4, 0.5) is 8.78 Å². The number of halogens is 2. The Hall–Kier alpha value is -3.06. The number of amides is 1. The van der Waals surface area contributed by atoms with Crippen LogP contribution in [0, 0.1) is 18.6 Å². The molecule has 7 heteroatoms. The summed E-state index contributed by atoms with van der Waals surface area (Å²) in [4.78, 5) is 14.4. The van der Waals surface area contributed by atoms with Crippen LogP contribution in [0.5, 0.6) is 0 Å². The van der Waals surface area contributed by atoms with E-state index in [9.17, 15) is 13.6 Å². The quantitative estimate of drug-likeness (QED) is 0.506. The zero-order valence-corrected chi connectivity index (χ0v) is 16.8. The van der Waals surface area contributed by atoms with Crippen LogP contribution in [0.25, 0.3) is 10.2 Å². The van der Waals surface area contributed by atoms with Crippen molar-refractivity contribution in [1.29, 1.82) is 0 Å². The Morgan fingerprint density at radius 1 is 1.14 bits per heavy atom. The van der Waals surface area contributed by atoms with E-state index in [1.807, 2.05) is 20.0 Å². The Morgan fingerprint density at radius 3 is 2.55 bits per heavy atom. The Bertz CT molecular complexity index is 1160. The minimum Gasteiger partial charge on any atom is -0.344 e. The van der Waals surface area contributed by atoms with Gasteiger partial charge >= 0.3 is 0 Å². The normalized spacial score (nSPS) is 12.3. The fraction of sp³-hybridized carbons (Fsp3) is 0.182. The third kappa shape index (κ3) is 4.05. The molecular formula is C22H19F2N3OS. The zero-order chi connectivity index (χ0) is 20.5. The van der Waals surface area contributed by atoms with Crippen molar-refractivity contribution < 1.29 is 13.6 Å². The third-order valence-electron chi connectivity index (χ3n) is 4.81. The topological polar surface area (TPSA) is 46.9 Å². The van der Waals surface area contributed by atoms with Crippen molar-refractivity contribution in [2.24, 2.45) is 7.05 Å². The summed E-state index contributed by atoms with van der Waals surface area (Å²) in [6.07, 6.45) is 0.346. The van der Waals surface area contributed by atoms with Crippen molar-refractivity contribution in [3.05, 3.63) is 87.9 Å². The molecule has 1 N–H and O–H groups in total. The first-order valence-corrected chi connectivity index (χ1v) is 9.96. The fourth-order valence-electron chi connectivity index (χ4n) is 3.42. The Balaban J connectivity index is 1.64. The van der Waals surface area contributed by atoms with E-state index in [2.05, 4.69) is 10.4 Å². The van der Waals surface area contributed by atoms with Crippen molar-refractivity contribution in [2.75, 3.05) is 0 Å². The maximum absolute atomic E-state index is 13.8. The number of benzene rings is 2. The molecule has 2 heterocycles. The predicted molar refractivity (Wildman–Crippen MR) is 110 cm³/mol. The molecule has 29 heavy (non-hydrogen) atoms. The summed E-state index contributed by atoms with van der Waals surface area (Å²) < 4.78 is 29.2. The largest absolute Gasteiger partial charge is 0.344 e. The minimum absolute atomic E-state index is 0.253. The number of carbonyl (C=O) groups is 1. The van der Waals surface area contributed by atoms with Crippen LogP contribution in [0.1, 0.15) is 32.5 Å². The molecule has 1 atom stereocenters. The molecule has 1 unspecified atom stereocenters. The molecule has 0 saturated carbocycles. The minimum atomic E-state index is -0.496. The van der Waals surface area contributed by atoms with Gasteiger partial charge in [-0.1, -0.05) is 24.3 Å². The molecule has 148 valence electrons. The Morgan fingerprint density at radius 2 is 1.86 bits per heavy atom. The standard InChI is InChI=1S/C22H19F2N3OS/c1-13-18-12-20(29-22(18)27(2)26-13)21(28)25-19(15-6-4-8-17(24)11-15)10-14-5-3-7-16(23)9-14/h3-9,11-12,19H,10H2,1-2H3,(H,25,28). The molecule has 2 aromatic heterocycles. The molecule has 4 rings (SSSR count). The second-order valence-electron chi connectivity index (χ2n) is 6.95. The second kappa shape index (κ2) is 7.75. The maximum Gasteiger partial charge on any atom is 0.261 e. The molecule has 0 aliphatic rings. The van der Waals surface area contributed by atoms with Crippen LogP contribution in [0.2, 0.25) is 0 Å². The van der Waals surface area contributed by atoms with Crippen LogP contribution in [0.15, 0.2) is 54.6 Å². The van der Waals surface area contributed by atoms with Gasteiger partial charge in [0.25, 0.3) is 5.91 Å². The van der Waals surface area contributed by atoms with E-state index in [1.54, 1.807) is 28.9 Å². The molecule has 0 aliphatic heterocycles. The molecule has 0 radical (unpaired) electrons. The molecule has 0 aliphatic carbocycles. The number of hydrogen-bond donors (Lipinski definition) is 1. The molecule has 0 fully saturated rings. The number of thiophene rings is 1. The van der Waals surface area contributed by atoms with Gasteiger partial charge in [-0.15, -0.1) is 11.3 Å². The average molecular weight is 411 g/mol. The van der Waals surface area contributed by atoms with Crippen molar-refractivity contribution in [1.82, 2.24) is 15.1 Å². The second-order valence-corrected chi connectivity index (χ2v) is 7.98. The van der Waals surface area contributed by atoms with Crippen molar-refractivity contribution in [2.45, 2.75) is 19.4 Å². The number of carbonyl (C=O) groups excluding carboxylic acids is 1. The van der Waals surface area contributed by atoms with Gasteiger partial charge in [-0.05, 0) is 54.8 Å². The van der Waals surface area contributed by atoms with Crippen molar-refractivity contribution in [3.63, 3.8) is 0 Å². The summed E-state index contributed by atoms with van der Waals surface area (Å²) in [6.45, 7) is 1.90. The summed E-state index contributed by atoms with van der Waals surface area (Å²) in [5.41, 5.74) is 2.21. The molecular weight excluding hydrogens is 392 g/mol. The van der Waals surface area contributed by atoms with E-state index >= 15 is 0 Å². The van der Waals surface area contributed by atoms with E-state index in [1.165, 1.54) is 35.6 Å². The Labute approximate surface area is 170 Å². The lowest BCUT2D eigenvalue weighted by molar-refractivity contribution is 0.0940. The van der Waals surface area contributed by atoms with Gasteiger partial charge in [-0.25, -0.2) is 8.78 Å². The first-order valence-electron chi connectivity index (χ1n) is 9.14. The van der Waals surface area contributed by atoms with Crippen molar-refractivity contribution >= 4 is 27.5 Å². The van der Waals surface area contributed by atoms with Gasteiger partial charge in [0.1, 0.15) is 16.5 Å². The molecule has 4 aromatic rings. The summed E-state index contributed by atoms with van der Waals surface area (Å²) >= 11 is 1.36. The van der Waals surface area contributed by atoms with Crippen LogP contribution in [-0.4, -0.2) is 15.7 Å². The van der Waals surface area contributed by atoms with E-state index in [0.29, 0.717) is 16.9 Å². The van der Waals surface area contributed by atoms with Gasteiger partial charge < -0.3 is 5.32 Å². The van der Waals surface area contributed by atoms with Crippen LogP contribution >= 0.6 is 11.3 Å². The van der Waals surface area contributed by atoms with Gasteiger partial charge in [0.05, 0.1) is 16.6 Å². The Kier molecular flexibility index (Phi) is 5.15. The van der Waals surface area contributed by atoms with E-state index < -0.39 is 6.04 Å². The van der Waals surface area contributed by atoms with Gasteiger partial charge in [0.15, 0.2) is 0 Å². The lowest BCUT2D eigenvalue weighted by Gasteiger charge is -2.19. The highest BCUT2D eigenvalue weighted by molar-refractivity contribution is 7.20. The van der Waals surface area contributed by atoms with Crippen LogP contribution in [0.3, 0.4) is 0 Å². The molecule has 0 spiro atoms. The highest BCUT2D eigenvalue weighted by Gasteiger charge is 2.20. The van der Waals surface area contributed by atoms with Crippen LogP contribution in [-0.2, 0) is 13.5 Å². The number of aryl methyl sites for hydroxylation is 2. The van der Waals surface area contributed by atoms with Gasteiger partial charge in [0, 0.05) is 12.4 Å². The number of rotatable bonds is 5. The predicted octanol–water partition coefficient (Wildman–Crippen LogP) is 4.94. The number of nitrogens with one attached hydrogen (secondary N) is 1. The van der Waals surface area contributed by atoms with E-state index in [-0.39, 0.29) is 17.5 Å². The smallest absolute Gasteiger partial charge is 0.261 e. The lowest BCUT2D eigenvalue weighted by Crippen LogP contribution is -2.29. The summed E-state index contributed by atoms with van der Waals surface area (Å²) in [6, 6.07) is 13.6. The first kappa shape index (κ1) is 19.3. The molecule has 4 nitrogen and oxygen atoms in total. The average Bonchev–Trinajstić information content (AvgIpc) is 3.23. The number of hydrogen-bond acceptors (Lipinski definition) is 3. The van der Waals surface area contributed by atoms with Gasteiger partial charge in [-0.2, -0.15) is 5.10 Å². The third-order valence-corrected chi connectivity index (χ3v) is 6.01. The number of aromatic nitrogens is 2. The molecule has 0 saturated heterocycles. The van der Waals surface area contributed by atoms with Gasteiger partial charge in [-0.3, -0.25) is 9.48 Å². The first-order chi connectivity index (χ1) is 13.9. The highest BCUT2D eigenvalue weighted by Crippen LogP contribution is 2.28.